The van der Waals surface area contributed by atoms with Crippen molar-refractivity contribution in [1.82, 2.24) is 4.72 Å². The van der Waals surface area contributed by atoms with E-state index in [-0.39, 0.29) is 10.4 Å². The average molecular weight is 298 g/mol. The second-order valence-electron chi connectivity index (χ2n) is 5.51. The highest BCUT2D eigenvalue weighted by atomic mass is 32.2. The second-order valence-corrected chi connectivity index (χ2v) is 7.16. The third-order valence-corrected chi connectivity index (χ3v) is 5.30. The zero-order valence-electron chi connectivity index (χ0n) is 12.0. The summed E-state index contributed by atoms with van der Waals surface area (Å²) in [6.45, 7) is 4.17. The molecule has 0 saturated heterocycles. The molecule has 2 rings (SSSR count). The molecule has 0 aromatic heterocycles. The molecule has 0 radical (unpaired) electrons. The lowest BCUT2D eigenvalue weighted by molar-refractivity contribution is 0.330. The van der Waals surface area contributed by atoms with Crippen LogP contribution in [0.4, 0.5) is 5.69 Å². The summed E-state index contributed by atoms with van der Waals surface area (Å²) in [6, 6.07) is 4.69. The average Bonchev–Trinajstić information content (AvgIpc) is 2.77. The van der Waals surface area contributed by atoms with Crippen LogP contribution in [-0.4, -0.2) is 20.6 Å². The number of rotatable bonds is 5. The van der Waals surface area contributed by atoms with Crippen molar-refractivity contribution in [3.8, 4) is 5.75 Å². The Balaban J connectivity index is 2.35. The summed E-state index contributed by atoms with van der Waals surface area (Å²) in [7, 11) is -3.63. The van der Waals surface area contributed by atoms with Crippen LogP contribution in [0.1, 0.15) is 39.5 Å². The maximum absolute atomic E-state index is 12.6. The smallest absolute Gasteiger partial charge is 0.244 e. The SMILES string of the molecule is CCOc1ccc(N)cc1S(=O)(=O)NC1(C)CCCC1. The lowest BCUT2D eigenvalue weighted by atomic mass is 10.0. The lowest BCUT2D eigenvalue weighted by Gasteiger charge is -2.25. The monoisotopic (exact) mass is 298 g/mol. The molecule has 20 heavy (non-hydrogen) atoms. The minimum absolute atomic E-state index is 0.118. The Morgan fingerprint density at radius 1 is 1.35 bits per heavy atom. The van der Waals surface area contributed by atoms with Crippen molar-refractivity contribution >= 4 is 15.7 Å². The molecule has 1 fully saturated rings. The predicted octanol–water partition coefficient (Wildman–Crippen LogP) is 2.28. The van der Waals surface area contributed by atoms with Gasteiger partial charge in [0.15, 0.2) is 0 Å². The van der Waals surface area contributed by atoms with Crippen molar-refractivity contribution in [2.45, 2.75) is 50.0 Å². The van der Waals surface area contributed by atoms with E-state index in [1.165, 1.54) is 6.07 Å². The van der Waals surface area contributed by atoms with E-state index in [1.807, 2.05) is 13.8 Å². The molecule has 0 unspecified atom stereocenters. The summed E-state index contributed by atoms with van der Waals surface area (Å²) >= 11 is 0. The van der Waals surface area contributed by atoms with Gasteiger partial charge < -0.3 is 10.5 Å². The van der Waals surface area contributed by atoms with Gasteiger partial charge in [-0.3, -0.25) is 0 Å². The van der Waals surface area contributed by atoms with E-state index >= 15 is 0 Å². The number of hydrogen-bond donors (Lipinski definition) is 2. The number of ether oxygens (including phenoxy) is 1. The zero-order chi connectivity index (χ0) is 14.8. The topological polar surface area (TPSA) is 81.4 Å². The van der Waals surface area contributed by atoms with E-state index in [1.54, 1.807) is 12.1 Å². The van der Waals surface area contributed by atoms with E-state index in [2.05, 4.69) is 4.72 Å². The molecule has 1 aromatic carbocycles. The second kappa shape index (κ2) is 5.61. The van der Waals surface area contributed by atoms with E-state index in [0.29, 0.717) is 18.0 Å². The van der Waals surface area contributed by atoms with E-state index in [4.69, 9.17) is 10.5 Å². The van der Waals surface area contributed by atoms with Crippen LogP contribution in [0.25, 0.3) is 0 Å². The molecule has 0 bridgehead atoms. The summed E-state index contributed by atoms with van der Waals surface area (Å²) in [5, 5.41) is 0. The Labute approximate surface area is 120 Å². The van der Waals surface area contributed by atoms with Gasteiger partial charge in [0.1, 0.15) is 10.6 Å². The minimum atomic E-state index is -3.63. The normalized spacial score (nSPS) is 18.1. The highest BCUT2D eigenvalue weighted by Gasteiger charge is 2.34. The number of nitrogens with two attached hydrogens (primary N) is 1. The fourth-order valence-corrected chi connectivity index (χ4v) is 4.29. The number of nitrogen functional groups attached to an aromatic ring is 1. The van der Waals surface area contributed by atoms with Crippen molar-refractivity contribution in [3.05, 3.63) is 18.2 Å². The van der Waals surface area contributed by atoms with Crippen molar-refractivity contribution in [2.24, 2.45) is 0 Å². The Morgan fingerprint density at radius 2 is 2.00 bits per heavy atom. The van der Waals surface area contributed by atoms with Crippen molar-refractivity contribution in [3.63, 3.8) is 0 Å². The Hall–Kier alpha value is -1.27. The van der Waals surface area contributed by atoms with Crippen LogP contribution < -0.4 is 15.2 Å². The molecule has 0 amide bonds. The van der Waals surface area contributed by atoms with Crippen LogP contribution >= 0.6 is 0 Å². The van der Waals surface area contributed by atoms with Crippen molar-refractivity contribution in [2.75, 3.05) is 12.3 Å². The number of nitrogens with one attached hydrogen (secondary N) is 1. The first-order chi connectivity index (χ1) is 9.36. The Kier molecular flexibility index (Phi) is 4.25. The third kappa shape index (κ3) is 3.24. The number of benzene rings is 1. The van der Waals surface area contributed by atoms with Crippen molar-refractivity contribution in [1.29, 1.82) is 0 Å². The molecule has 0 spiro atoms. The summed E-state index contributed by atoms with van der Waals surface area (Å²) in [5.41, 5.74) is 5.75. The molecular formula is C14H22N2O3S. The van der Waals surface area contributed by atoms with Gasteiger partial charge in [0, 0.05) is 11.2 Å². The number of hydrogen-bond acceptors (Lipinski definition) is 4. The van der Waals surface area contributed by atoms with Gasteiger partial charge in [-0.25, -0.2) is 13.1 Å². The molecule has 5 nitrogen and oxygen atoms in total. The van der Waals surface area contributed by atoms with Crippen LogP contribution in [-0.2, 0) is 10.0 Å². The van der Waals surface area contributed by atoms with Crippen LogP contribution in [0.3, 0.4) is 0 Å². The summed E-state index contributed by atoms with van der Waals surface area (Å²) in [5.74, 6) is 0.343. The number of anilines is 1. The molecule has 1 saturated carbocycles. The van der Waals surface area contributed by atoms with Crippen LogP contribution in [0.15, 0.2) is 23.1 Å². The van der Waals surface area contributed by atoms with Gasteiger partial charge in [-0.05, 0) is 44.9 Å². The molecule has 1 aromatic rings. The molecule has 0 aliphatic heterocycles. The van der Waals surface area contributed by atoms with Crippen LogP contribution in [0.5, 0.6) is 5.75 Å². The zero-order valence-corrected chi connectivity index (χ0v) is 12.8. The predicted molar refractivity (Wildman–Crippen MR) is 79.2 cm³/mol. The Bertz CT molecular complexity index is 578. The summed E-state index contributed by atoms with van der Waals surface area (Å²) in [4.78, 5) is 0.118. The lowest BCUT2D eigenvalue weighted by Crippen LogP contribution is -2.43. The van der Waals surface area contributed by atoms with Gasteiger partial charge in [0.05, 0.1) is 6.61 Å². The minimum Gasteiger partial charge on any atom is -0.492 e. The fraction of sp³-hybridized carbons (Fsp3) is 0.571. The van der Waals surface area contributed by atoms with Gasteiger partial charge in [-0.15, -0.1) is 0 Å². The van der Waals surface area contributed by atoms with Crippen molar-refractivity contribution < 1.29 is 13.2 Å². The standard InChI is InChI=1S/C14H22N2O3S/c1-3-19-12-7-6-11(15)10-13(12)20(17,18)16-14(2)8-4-5-9-14/h6-7,10,16H,3-5,8-9,15H2,1-2H3. The molecule has 3 N–H and O–H groups in total. The van der Waals surface area contributed by atoms with E-state index in [0.717, 1.165) is 25.7 Å². The largest absolute Gasteiger partial charge is 0.492 e. The molecule has 112 valence electrons. The first-order valence-electron chi connectivity index (χ1n) is 6.93. The highest BCUT2D eigenvalue weighted by Crippen LogP contribution is 2.33. The maximum atomic E-state index is 12.6. The maximum Gasteiger partial charge on any atom is 0.244 e. The van der Waals surface area contributed by atoms with Gasteiger partial charge >= 0.3 is 0 Å². The van der Waals surface area contributed by atoms with Gasteiger partial charge in [-0.1, -0.05) is 12.8 Å². The van der Waals surface area contributed by atoms with Gasteiger partial charge in [-0.2, -0.15) is 0 Å². The van der Waals surface area contributed by atoms with E-state index < -0.39 is 10.0 Å². The first kappa shape index (κ1) is 15.1. The number of sulfonamides is 1. The van der Waals surface area contributed by atoms with Crippen LogP contribution in [0.2, 0.25) is 0 Å². The first-order valence-corrected chi connectivity index (χ1v) is 8.41. The highest BCUT2D eigenvalue weighted by molar-refractivity contribution is 7.89. The van der Waals surface area contributed by atoms with Gasteiger partial charge in [0.25, 0.3) is 0 Å². The Morgan fingerprint density at radius 3 is 2.60 bits per heavy atom. The summed E-state index contributed by atoms with van der Waals surface area (Å²) in [6.07, 6.45) is 3.82. The molecule has 6 heteroatoms. The fourth-order valence-electron chi connectivity index (χ4n) is 2.65. The molecule has 0 heterocycles. The molecular weight excluding hydrogens is 276 g/mol. The molecule has 1 aliphatic carbocycles. The quantitative estimate of drug-likeness (QED) is 0.817. The third-order valence-electron chi connectivity index (χ3n) is 3.64. The van der Waals surface area contributed by atoms with Gasteiger partial charge in [0.2, 0.25) is 10.0 Å². The molecule has 0 atom stereocenters. The molecule has 1 aliphatic rings. The van der Waals surface area contributed by atoms with Crippen LogP contribution in [0, 0.1) is 0 Å². The van der Waals surface area contributed by atoms with E-state index in [9.17, 15) is 8.42 Å². The summed E-state index contributed by atoms with van der Waals surface area (Å²) < 4.78 is 33.4.